The van der Waals surface area contributed by atoms with Crippen LogP contribution < -0.4 is 15.4 Å². The maximum Gasteiger partial charge on any atom is 0.243 e. The second kappa shape index (κ2) is 9.95. The molecule has 0 atom stereocenters. The first-order chi connectivity index (χ1) is 11.7. The monoisotopic (exact) mass is 392 g/mol. The molecule has 0 saturated carbocycles. The molecule has 0 aliphatic rings. The van der Waals surface area contributed by atoms with Crippen molar-refractivity contribution in [2.24, 2.45) is 0 Å². The zero-order chi connectivity index (χ0) is 17.2. The Balaban J connectivity index is 1.81. The summed E-state index contributed by atoms with van der Waals surface area (Å²) >= 11 is 3.40. The minimum Gasteiger partial charge on any atom is -0.491 e. The molecule has 0 spiro atoms. The summed E-state index contributed by atoms with van der Waals surface area (Å²) in [5.74, 6) is 0.621. The number of hydrogen-bond donors (Lipinski definition) is 2. The van der Waals surface area contributed by atoms with Crippen LogP contribution in [0.15, 0.2) is 53.0 Å². The van der Waals surface area contributed by atoms with E-state index < -0.39 is 0 Å². The summed E-state index contributed by atoms with van der Waals surface area (Å²) in [6.45, 7) is 3.85. The SMILES string of the molecule is CCOCCOc1cccc(NCC(=O)Nc2ccccc2Br)c1. The third kappa shape index (κ3) is 6.22. The molecular weight excluding hydrogens is 372 g/mol. The van der Waals surface area contributed by atoms with E-state index in [2.05, 4.69) is 26.6 Å². The Morgan fingerprint density at radius 2 is 1.96 bits per heavy atom. The van der Waals surface area contributed by atoms with Gasteiger partial charge in [0.25, 0.3) is 0 Å². The highest BCUT2D eigenvalue weighted by atomic mass is 79.9. The van der Waals surface area contributed by atoms with E-state index in [0.717, 1.165) is 21.6 Å². The van der Waals surface area contributed by atoms with Gasteiger partial charge in [0.2, 0.25) is 5.91 Å². The Labute approximate surface area is 150 Å². The Morgan fingerprint density at radius 3 is 2.75 bits per heavy atom. The molecule has 0 bridgehead atoms. The quantitative estimate of drug-likeness (QED) is 0.635. The summed E-state index contributed by atoms with van der Waals surface area (Å²) in [5, 5.41) is 5.93. The topological polar surface area (TPSA) is 59.6 Å². The molecule has 2 aromatic rings. The van der Waals surface area contributed by atoms with Crippen LogP contribution in [0, 0.1) is 0 Å². The van der Waals surface area contributed by atoms with E-state index in [4.69, 9.17) is 9.47 Å². The molecule has 2 rings (SSSR count). The van der Waals surface area contributed by atoms with Crippen LogP contribution in [0.25, 0.3) is 0 Å². The fourth-order valence-corrected chi connectivity index (χ4v) is 2.38. The molecule has 0 saturated heterocycles. The molecule has 0 radical (unpaired) electrons. The fraction of sp³-hybridized carbons (Fsp3) is 0.278. The van der Waals surface area contributed by atoms with Crippen LogP contribution in [0.1, 0.15) is 6.92 Å². The van der Waals surface area contributed by atoms with Gasteiger partial charge < -0.3 is 20.1 Å². The molecule has 2 N–H and O–H groups in total. The molecule has 24 heavy (non-hydrogen) atoms. The largest absolute Gasteiger partial charge is 0.491 e. The van der Waals surface area contributed by atoms with Gasteiger partial charge in [0, 0.05) is 22.8 Å². The van der Waals surface area contributed by atoms with Crippen LogP contribution in [-0.4, -0.2) is 32.3 Å². The molecule has 0 aliphatic heterocycles. The van der Waals surface area contributed by atoms with E-state index in [1.807, 2.05) is 55.5 Å². The molecule has 6 heteroatoms. The average molecular weight is 393 g/mol. The van der Waals surface area contributed by atoms with Crippen LogP contribution in [0.4, 0.5) is 11.4 Å². The van der Waals surface area contributed by atoms with Gasteiger partial charge in [-0.1, -0.05) is 18.2 Å². The highest BCUT2D eigenvalue weighted by Gasteiger charge is 2.05. The normalized spacial score (nSPS) is 10.2. The lowest BCUT2D eigenvalue weighted by Gasteiger charge is -2.11. The summed E-state index contributed by atoms with van der Waals surface area (Å²) in [6, 6.07) is 15.0. The fourth-order valence-electron chi connectivity index (χ4n) is 2.00. The summed E-state index contributed by atoms with van der Waals surface area (Å²) in [4.78, 5) is 12.0. The van der Waals surface area contributed by atoms with E-state index in [9.17, 15) is 4.79 Å². The van der Waals surface area contributed by atoms with Crippen molar-refractivity contribution in [3.8, 4) is 5.75 Å². The van der Waals surface area contributed by atoms with E-state index in [0.29, 0.717) is 19.8 Å². The zero-order valence-electron chi connectivity index (χ0n) is 13.5. The molecule has 2 aromatic carbocycles. The highest BCUT2D eigenvalue weighted by Crippen LogP contribution is 2.21. The van der Waals surface area contributed by atoms with Gasteiger partial charge in [-0.3, -0.25) is 4.79 Å². The summed E-state index contributed by atoms with van der Waals surface area (Å²) in [7, 11) is 0. The van der Waals surface area contributed by atoms with Crippen LogP contribution in [-0.2, 0) is 9.53 Å². The first-order valence-electron chi connectivity index (χ1n) is 7.78. The van der Waals surface area contributed by atoms with E-state index in [-0.39, 0.29) is 12.5 Å². The second-order valence-electron chi connectivity index (χ2n) is 4.95. The number of carbonyl (C=O) groups excluding carboxylic acids is 1. The first-order valence-corrected chi connectivity index (χ1v) is 8.57. The molecule has 0 aliphatic carbocycles. The molecule has 0 heterocycles. The number of carbonyl (C=O) groups is 1. The Kier molecular flexibility index (Phi) is 7.58. The summed E-state index contributed by atoms with van der Waals surface area (Å²) in [5.41, 5.74) is 1.57. The second-order valence-corrected chi connectivity index (χ2v) is 5.81. The first kappa shape index (κ1) is 18.3. The van der Waals surface area contributed by atoms with Gasteiger partial charge in [0.1, 0.15) is 12.4 Å². The van der Waals surface area contributed by atoms with Gasteiger partial charge in [0.05, 0.1) is 18.8 Å². The lowest BCUT2D eigenvalue weighted by Crippen LogP contribution is -2.21. The minimum absolute atomic E-state index is 0.121. The van der Waals surface area contributed by atoms with E-state index in [1.165, 1.54) is 0 Å². The number of para-hydroxylation sites is 1. The van der Waals surface area contributed by atoms with Gasteiger partial charge >= 0.3 is 0 Å². The van der Waals surface area contributed by atoms with Crippen molar-refractivity contribution in [2.75, 3.05) is 37.0 Å². The highest BCUT2D eigenvalue weighted by molar-refractivity contribution is 9.10. The van der Waals surface area contributed by atoms with Gasteiger partial charge in [-0.15, -0.1) is 0 Å². The molecule has 5 nitrogen and oxygen atoms in total. The lowest BCUT2D eigenvalue weighted by atomic mass is 10.3. The zero-order valence-corrected chi connectivity index (χ0v) is 15.1. The number of ether oxygens (including phenoxy) is 2. The van der Waals surface area contributed by atoms with Crippen molar-refractivity contribution >= 4 is 33.2 Å². The molecule has 128 valence electrons. The Morgan fingerprint density at radius 1 is 1.12 bits per heavy atom. The van der Waals surface area contributed by atoms with Crippen LogP contribution in [0.2, 0.25) is 0 Å². The van der Waals surface area contributed by atoms with Crippen molar-refractivity contribution in [3.63, 3.8) is 0 Å². The van der Waals surface area contributed by atoms with Crippen molar-refractivity contribution in [2.45, 2.75) is 6.92 Å². The minimum atomic E-state index is -0.121. The van der Waals surface area contributed by atoms with E-state index in [1.54, 1.807) is 0 Å². The third-order valence-electron chi connectivity index (χ3n) is 3.14. The van der Waals surface area contributed by atoms with Crippen LogP contribution in [0.3, 0.4) is 0 Å². The smallest absolute Gasteiger partial charge is 0.243 e. The third-order valence-corrected chi connectivity index (χ3v) is 3.83. The molecule has 1 amide bonds. The Bertz CT molecular complexity index is 664. The number of benzene rings is 2. The molecule has 0 aromatic heterocycles. The van der Waals surface area contributed by atoms with Crippen molar-refractivity contribution < 1.29 is 14.3 Å². The van der Waals surface area contributed by atoms with Gasteiger partial charge in [0.15, 0.2) is 0 Å². The number of halogens is 1. The van der Waals surface area contributed by atoms with Crippen LogP contribution >= 0.6 is 15.9 Å². The predicted molar refractivity (Wildman–Crippen MR) is 99.7 cm³/mol. The number of anilines is 2. The lowest BCUT2D eigenvalue weighted by molar-refractivity contribution is -0.114. The number of amides is 1. The number of hydrogen-bond acceptors (Lipinski definition) is 4. The summed E-state index contributed by atoms with van der Waals surface area (Å²) in [6.07, 6.45) is 0. The van der Waals surface area contributed by atoms with Crippen molar-refractivity contribution in [1.29, 1.82) is 0 Å². The van der Waals surface area contributed by atoms with Crippen molar-refractivity contribution in [1.82, 2.24) is 0 Å². The molecule has 0 fully saturated rings. The molecule has 0 unspecified atom stereocenters. The van der Waals surface area contributed by atoms with Gasteiger partial charge in [-0.05, 0) is 47.1 Å². The number of nitrogens with one attached hydrogen (secondary N) is 2. The van der Waals surface area contributed by atoms with Gasteiger partial charge in [-0.25, -0.2) is 0 Å². The van der Waals surface area contributed by atoms with Gasteiger partial charge in [-0.2, -0.15) is 0 Å². The predicted octanol–water partition coefficient (Wildman–Crippen LogP) is 3.92. The maximum absolute atomic E-state index is 12.0. The number of rotatable bonds is 9. The Hall–Kier alpha value is -2.05. The average Bonchev–Trinajstić information content (AvgIpc) is 2.59. The molecular formula is C18H21BrN2O3. The van der Waals surface area contributed by atoms with Crippen LogP contribution in [0.5, 0.6) is 5.75 Å². The standard InChI is InChI=1S/C18H21BrN2O3/c1-2-23-10-11-24-15-7-5-6-14(12-15)20-13-18(22)21-17-9-4-3-8-16(17)19/h3-9,12,20H,2,10-11,13H2,1H3,(H,21,22). The van der Waals surface area contributed by atoms with Crippen molar-refractivity contribution in [3.05, 3.63) is 53.0 Å². The van der Waals surface area contributed by atoms with E-state index >= 15 is 0 Å². The maximum atomic E-state index is 12.0. The summed E-state index contributed by atoms with van der Waals surface area (Å²) < 4.78 is 11.7.